The molecule has 3 heteroatoms. The van der Waals surface area contributed by atoms with Crippen molar-refractivity contribution in [1.82, 2.24) is 10.6 Å². The quantitative estimate of drug-likeness (QED) is 0.704. The van der Waals surface area contributed by atoms with Gasteiger partial charge in [-0.3, -0.25) is 4.79 Å². The lowest BCUT2D eigenvalue weighted by Gasteiger charge is -2.05. The molecule has 0 unspecified atom stereocenters. The van der Waals surface area contributed by atoms with Crippen LogP contribution in [0.1, 0.15) is 24.0 Å². The van der Waals surface area contributed by atoms with Gasteiger partial charge in [0.15, 0.2) is 0 Å². The lowest BCUT2D eigenvalue weighted by molar-refractivity contribution is -0.121. The van der Waals surface area contributed by atoms with Crippen molar-refractivity contribution in [3.05, 3.63) is 35.4 Å². The predicted molar refractivity (Wildman–Crippen MR) is 71.1 cm³/mol. The van der Waals surface area contributed by atoms with Gasteiger partial charge in [0, 0.05) is 13.0 Å². The number of hydrogen-bond acceptors (Lipinski definition) is 2. The molecule has 0 saturated carbocycles. The van der Waals surface area contributed by atoms with Crippen molar-refractivity contribution in [2.24, 2.45) is 0 Å². The van der Waals surface area contributed by atoms with Crippen LogP contribution in [0.5, 0.6) is 0 Å². The number of benzene rings is 1. The summed E-state index contributed by atoms with van der Waals surface area (Å²) in [7, 11) is 1.90. The molecule has 0 aliphatic carbocycles. The normalized spacial score (nSPS) is 10.2. The molecule has 94 valence electrons. The van der Waals surface area contributed by atoms with Gasteiger partial charge >= 0.3 is 0 Å². The highest BCUT2D eigenvalue weighted by Crippen LogP contribution is 2.03. The third-order valence-electron chi connectivity index (χ3n) is 2.69. The summed E-state index contributed by atoms with van der Waals surface area (Å²) in [4.78, 5) is 11.4. The van der Waals surface area contributed by atoms with E-state index in [0.717, 1.165) is 25.9 Å². The van der Waals surface area contributed by atoms with Crippen LogP contribution in [0.25, 0.3) is 0 Å². The standard InChI is InChI=1S/C14H22N2O/c1-12-5-7-13(8-6-12)9-11-16-14(17)4-3-10-15-2/h5-8,15H,3-4,9-11H2,1-2H3,(H,16,17). The number of nitrogens with one attached hydrogen (secondary N) is 2. The van der Waals surface area contributed by atoms with Crippen molar-refractivity contribution in [1.29, 1.82) is 0 Å². The summed E-state index contributed by atoms with van der Waals surface area (Å²) >= 11 is 0. The second kappa shape index (κ2) is 7.85. The Hall–Kier alpha value is -1.35. The zero-order valence-electron chi connectivity index (χ0n) is 10.8. The minimum Gasteiger partial charge on any atom is -0.356 e. The first kappa shape index (κ1) is 13.7. The van der Waals surface area contributed by atoms with Gasteiger partial charge in [0.2, 0.25) is 5.91 Å². The fourth-order valence-corrected chi connectivity index (χ4v) is 1.62. The maximum atomic E-state index is 11.4. The Labute approximate surface area is 104 Å². The summed E-state index contributed by atoms with van der Waals surface area (Å²) in [6, 6.07) is 8.43. The number of carbonyl (C=O) groups is 1. The van der Waals surface area contributed by atoms with Gasteiger partial charge in [0.25, 0.3) is 0 Å². The molecule has 1 amide bonds. The molecule has 0 fully saturated rings. The Bertz CT molecular complexity index is 333. The number of amides is 1. The van der Waals surface area contributed by atoms with Crippen molar-refractivity contribution in [3.8, 4) is 0 Å². The van der Waals surface area contributed by atoms with Gasteiger partial charge in [-0.2, -0.15) is 0 Å². The van der Waals surface area contributed by atoms with Crippen LogP contribution in [0, 0.1) is 6.92 Å². The summed E-state index contributed by atoms with van der Waals surface area (Å²) in [5.74, 6) is 0.146. The van der Waals surface area contributed by atoms with Crippen LogP contribution >= 0.6 is 0 Å². The molecule has 0 atom stereocenters. The third-order valence-corrected chi connectivity index (χ3v) is 2.69. The molecule has 0 heterocycles. The molecule has 0 aliphatic rings. The lowest BCUT2D eigenvalue weighted by atomic mass is 10.1. The first-order valence-corrected chi connectivity index (χ1v) is 6.19. The first-order chi connectivity index (χ1) is 8.22. The van der Waals surface area contributed by atoms with Gasteiger partial charge in [-0.15, -0.1) is 0 Å². The van der Waals surface area contributed by atoms with Crippen LogP contribution in [-0.2, 0) is 11.2 Å². The van der Waals surface area contributed by atoms with Crippen LogP contribution in [0.2, 0.25) is 0 Å². The molecule has 0 saturated heterocycles. The molecular formula is C14H22N2O. The molecule has 1 aromatic rings. The van der Waals surface area contributed by atoms with Gasteiger partial charge in [-0.1, -0.05) is 29.8 Å². The summed E-state index contributed by atoms with van der Waals surface area (Å²) in [5.41, 5.74) is 2.54. The van der Waals surface area contributed by atoms with Crippen molar-refractivity contribution in [2.45, 2.75) is 26.2 Å². The number of hydrogen-bond donors (Lipinski definition) is 2. The molecule has 0 aromatic heterocycles. The minimum absolute atomic E-state index is 0.146. The molecular weight excluding hydrogens is 212 g/mol. The number of rotatable bonds is 7. The zero-order chi connectivity index (χ0) is 12.5. The van der Waals surface area contributed by atoms with Crippen LogP contribution in [-0.4, -0.2) is 26.0 Å². The van der Waals surface area contributed by atoms with E-state index >= 15 is 0 Å². The topological polar surface area (TPSA) is 41.1 Å². The van der Waals surface area contributed by atoms with Crippen LogP contribution in [0.3, 0.4) is 0 Å². The van der Waals surface area contributed by atoms with E-state index in [0.29, 0.717) is 6.42 Å². The van der Waals surface area contributed by atoms with Crippen molar-refractivity contribution >= 4 is 5.91 Å². The van der Waals surface area contributed by atoms with Crippen molar-refractivity contribution < 1.29 is 4.79 Å². The summed E-state index contributed by atoms with van der Waals surface area (Å²) in [5, 5.41) is 5.97. The molecule has 3 nitrogen and oxygen atoms in total. The van der Waals surface area contributed by atoms with Gasteiger partial charge in [-0.25, -0.2) is 0 Å². The molecule has 0 radical (unpaired) electrons. The van der Waals surface area contributed by atoms with E-state index in [1.165, 1.54) is 11.1 Å². The molecule has 0 spiro atoms. The van der Waals surface area contributed by atoms with Crippen molar-refractivity contribution in [3.63, 3.8) is 0 Å². The Morgan fingerprint density at radius 2 is 1.88 bits per heavy atom. The SMILES string of the molecule is CNCCCC(=O)NCCc1ccc(C)cc1. The molecule has 1 aromatic carbocycles. The second-order valence-electron chi connectivity index (χ2n) is 4.29. The van der Waals surface area contributed by atoms with E-state index in [-0.39, 0.29) is 5.91 Å². The Morgan fingerprint density at radius 3 is 2.53 bits per heavy atom. The van der Waals surface area contributed by atoms with E-state index < -0.39 is 0 Å². The molecule has 17 heavy (non-hydrogen) atoms. The summed E-state index contributed by atoms with van der Waals surface area (Å²) in [6.45, 7) is 3.69. The third kappa shape index (κ3) is 6.07. The van der Waals surface area contributed by atoms with Crippen LogP contribution in [0.4, 0.5) is 0 Å². The Kier molecular flexibility index (Phi) is 6.33. The number of carbonyl (C=O) groups excluding carboxylic acids is 1. The van der Waals surface area contributed by atoms with Crippen LogP contribution < -0.4 is 10.6 Å². The fraction of sp³-hybridized carbons (Fsp3) is 0.500. The highest BCUT2D eigenvalue weighted by molar-refractivity contribution is 5.75. The van der Waals surface area contributed by atoms with E-state index in [9.17, 15) is 4.79 Å². The zero-order valence-corrected chi connectivity index (χ0v) is 10.8. The van der Waals surface area contributed by atoms with E-state index in [1.54, 1.807) is 0 Å². The van der Waals surface area contributed by atoms with Gasteiger partial charge in [-0.05, 0) is 38.9 Å². The Balaban J connectivity index is 2.14. The first-order valence-electron chi connectivity index (χ1n) is 6.19. The fourth-order valence-electron chi connectivity index (χ4n) is 1.62. The largest absolute Gasteiger partial charge is 0.356 e. The van der Waals surface area contributed by atoms with E-state index in [2.05, 4.69) is 41.8 Å². The average Bonchev–Trinajstić information content (AvgIpc) is 2.32. The maximum Gasteiger partial charge on any atom is 0.220 e. The maximum absolute atomic E-state index is 11.4. The summed E-state index contributed by atoms with van der Waals surface area (Å²) < 4.78 is 0. The lowest BCUT2D eigenvalue weighted by Crippen LogP contribution is -2.26. The molecule has 0 bridgehead atoms. The average molecular weight is 234 g/mol. The molecule has 0 aliphatic heterocycles. The van der Waals surface area contributed by atoms with E-state index in [1.807, 2.05) is 7.05 Å². The van der Waals surface area contributed by atoms with E-state index in [4.69, 9.17) is 0 Å². The van der Waals surface area contributed by atoms with Gasteiger partial charge < -0.3 is 10.6 Å². The highest BCUT2D eigenvalue weighted by atomic mass is 16.1. The number of aryl methyl sites for hydroxylation is 1. The summed E-state index contributed by atoms with van der Waals surface area (Å²) in [6.07, 6.45) is 2.40. The molecule has 1 rings (SSSR count). The van der Waals surface area contributed by atoms with Gasteiger partial charge in [0.1, 0.15) is 0 Å². The molecule has 2 N–H and O–H groups in total. The smallest absolute Gasteiger partial charge is 0.220 e. The van der Waals surface area contributed by atoms with Crippen molar-refractivity contribution in [2.75, 3.05) is 20.1 Å². The Morgan fingerprint density at radius 1 is 1.18 bits per heavy atom. The second-order valence-corrected chi connectivity index (χ2v) is 4.29. The monoisotopic (exact) mass is 234 g/mol. The van der Waals surface area contributed by atoms with Crippen LogP contribution in [0.15, 0.2) is 24.3 Å². The van der Waals surface area contributed by atoms with Gasteiger partial charge in [0.05, 0.1) is 0 Å². The highest BCUT2D eigenvalue weighted by Gasteiger charge is 2.00. The minimum atomic E-state index is 0.146. The predicted octanol–water partition coefficient (Wildman–Crippen LogP) is 1.65.